The lowest BCUT2D eigenvalue weighted by Gasteiger charge is -2.37. The second kappa shape index (κ2) is 2.47. The number of ketones is 1. The van der Waals surface area contributed by atoms with Crippen LogP contribution in [0.15, 0.2) is 18.2 Å². The summed E-state index contributed by atoms with van der Waals surface area (Å²) in [6.45, 7) is 2.11. The third-order valence-electron chi connectivity index (χ3n) is 3.91. The quantitative estimate of drug-likeness (QED) is 0.608. The highest BCUT2D eigenvalue weighted by molar-refractivity contribution is 5.97. The van der Waals surface area contributed by atoms with E-state index >= 15 is 0 Å². The molecule has 3 rings (SSSR count). The van der Waals surface area contributed by atoms with E-state index in [-0.39, 0.29) is 5.41 Å². The first-order chi connectivity index (χ1) is 6.72. The summed E-state index contributed by atoms with van der Waals surface area (Å²) in [5, 5.41) is 0. The van der Waals surface area contributed by atoms with E-state index in [2.05, 4.69) is 25.1 Å². The molecule has 0 unspecified atom stereocenters. The minimum Gasteiger partial charge on any atom is -0.299 e. The number of carbonyl (C=O) groups excluding carboxylic acids is 1. The van der Waals surface area contributed by atoms with Crippen LogP contribution < -0.4 is 0 Å². The summed E-state index contributed by atoms with van der Waals surface area (Å²) >= 11 is 0. The van der Waals surface area contributed by atoms with Gasteiger partial charge in [-0.2, -0.15) is 0 Å². The topological polar surface area (TPSA) is 17.1 Å². The number of rotatable bonds is 0. The number of fused-ring (bicyclic) bond motifs is 2. The molecule has 0 bridgehead atoms. The standard InChI is InChI=1S/C13H14O/c1-9-2-3-10-4-6-13(11(10)8-9)7-5-12(13)14/h2-3,8H,4-7H2,1H3/t13-/m1/s1. The first-order valence-electron chi connectivity index (χ1n) is 5.36. The van der Waals surface area contributed by atoms with Gasteiger partial charge in [0.25, 0.3) is 0 Å². The molecule has 1 spiro atoms. The Morgan fingerprint density at radius 3 is 2.64 bits per heavy atom. The van der Waals surface area contributed by atoms with Crippen LogP contribution in [-0.2, 0) is 16.6 Å². The Labute approximate surface area is 84.1 Å². The van der Waals surface area contributed by atoms with Gasteiger partial charge in [0, 0.05) is 6.42 Å². The molecule has 0 aromatic heterocycles. The Balaban J connectivity index is 2.17. The van der Waals surface area contributed by atoms with Crippen molar-refractivity contribution in [3.05, 3.63) is 34.9 Å². The smallest absolute Gasteiger partial charge is 0.143 e. The van der Waals surface area contributed by atoms with E-state index < -0.39 is 0 Å². The van der Waals surface area contributed by atoms with Crippen molar-refractivity contribution < 1.29 is 4.79 Å². The molecule has 0 aliphatic heterocycles. The van der Waals surface area contributed by atoms with E-state index in [1.54, 1.807) is 0 Å². The maximum absolute atomic E-state index is 11.7. The zero-order valence-electron chi connectivity index (χ0n) is 8.47. The monoisotopic (exact) mass is 186 g/mol. The summed E-state index contributed by atoms with van der Waals surface area (Å²) in [5.74, 6) is 0.474. The summed E-state index contributed by atoms with van der Waals surface area (Å²) in [4.78, 5) is 11.7. The lowest BCUT2D eigenvalue weighted by Crippen LogP contribution is -2.43. The minimum atomic E-state index is -0.0403. The zero-order chi connectivity index (χ0) is 9.76. The van der Waals surface area contributed by atoms with E-state index in [4.69, 9.17) is 0 Å². The molecule has 2 aliphatic carbocycles. The first kappa shape index (κ1) is 8.22. The molecule has 1 saturated carbocycles. The van der Waals surface area contributed by atoms with Crippen LogP contribution >= 0.6 is 0 Å². The van der Waals surface area contributed by atoms with Crippen molar-refractivity contribution >= 4 is 5.78 Å². The van der Waals surface area contributed by atoms with E-state index in [9.17, 15) is 4.79 Å². The van der Waals surface area contributed by atoms with Crippen LogP contribution in [-0.4, -0.2) is 5.78 Å². The molecule has 1 nitrogen and oxygen atoms in total. The largest absolute Gasteiger partial charge is 0.299 e. The predicted octanol–water partition coefficient (Wildman–Crippen LogP) is 2.54. The van der Waals surface area contributed by atoms with Crippen molar-refractivity contribution in [1.29, 1.82) is 0 Å². The van der Waals surface area contributed by atoms with E-state index in [0.717, 1.165) is 25.7 Å². The first-order valence-corrected chi connectivity index (χ1v) is 5.36. The number of hydrogen-bond acceptors (Lipinski definition) is 1. The molecule has 1 heteroatoms. The maximum atomic E-state index is 11.7. The molecule has 0 radical (unpaired) electrons. The van der Waals surface area contributed by atoms with Gasteiger partial charge in [-0.25, -0.2) is 0 Å². The Morgan fingerprint density at radius 2 is 2.00 bits per heavy atom. The van der Waals surface area contributed by atoms with Crippen molar-refractivity contribution in [3.8, 4) is 0 Å². The summed E-state index contributed by atoms with van der Waals surface area (Å²) in [6.07, 6.45) is 4.04. The van der Waals surface area contributed by atoms with Crippen LogP contribution in [0.5, 0.6) is 0 Å². The van der Waals surface area contributed by atoms with Gasteiger partial charge in [0.05, 0.1) is 5.41 Å². The van der Waals surface area contributed by atoms with Crippen LogP contribution in [0.4, 0.5) is 0 Å². The van der Waals surface area contributed by atoms with Gasteiger partial charge in [-0.05, 0) is 37.3 Å². The molecule has 0 heterocycles. The van der Waals surface area contributed by atoms with Crippen LogP contribution in [0.2, 0.25) is 0 Å². The Hall–Kier alpha value is -1.11. The highest BCUT2D eigenvalue weighted by atomic mass is 16.1. The molecule has 1 fully saturated rings. The second-order valence-electron chi connectivity index (χ2n) is 4.67. The fourth-order valence-corrected chi connectivity index (χ4v) is 2.91. The van der Waals surface area contributed by atoms with Crippen LogP contribution in [0.3, 0.4) is 0 Å². The Morgan fingerprint density at radius 1 is 1.21 bits per heavy atom. The second-order valence-corrected chi connectivity index (χ2v) is 4.67. The molecular weight excluding hydrogens is 172 g/mol. The van der Waals surface area contributed by atoms with Gasteiger partial charge in [-0.3, -0.25) is 4.79 Å². The van der Waals surface area contributed by atoms with Gasteiger partial charge >= 0.3 is 0 Å². The molecule has 1 atom stereocenters. The molecule has 72 valence electrons. The predicted molar refractivity (Wildman–Crippen MR) is 55.4 cm³/mol. The summed E-state index contributed by atoms with van der Waals surface area (Å²) in [7, 11) is 0. The fraction of sp³-hybridized carbons (Fsp3) is 0.462. The fourth-order valence-electron chi connectivity index (χ4n) is 2.91. The lowest BCUT2D eigenvalue weighted by atomic mass is 9.64. The average molecular weight is 186 g/mol. The average Bonchev–Trinajstić information content (AvgIpc) is 2.56. The molecule has 1 aromatic carbocycles. The van der Waals surface area contributed by atoms with E-state index in [1.165, 1.54) is 16.7 Å². The van der Waals surface area contributed by atoms with Crippen LogP contribution in [0.1, 0.15) is 36.0 Å². The van der Waals surface area contributed by atoms with Crippen molar-refractivity contribution in [2.45, 2.75) is 38.0 Å². The molecular formula is C13H14O. The molecule has 0 saturated heterocycles. The van der Waals surface area contributed by atoms with E-state index in [1.807, 2.05) is 0 Å². The highest BCUT2D eigenvalue weighted by Crippen LogP contribution is 2.50. The number of hydrogen-bond donors (Lipinski definition) is 0. The van der Waals surface area contributed by atoms with Crippen molar-refractivity contribution in [1.82, 2.24) is 0 Å². The zero-order valence-corrected chi connectivity index (χ0v) is 8.47. The van der Waals surface area contributed by atoms with Crippen LogP contribution in [0.25, 0.3) is 0 Å². The molecule has 1 aromatic rings. The van der Waals surface area contributed by atoms with Crippen LogP contribution in [0, 0.1) is 6.92 Å². The normalized spacial score (nSPS) is 29.1. The lowest BCUT2D eigenvalue weighted by molar-refractivity contribution is -0.131. The molecule has 0 amide bonds. The van der Waals surface area contributed by atoms with Gasteiger partial charge in [0.2, 0.25) is 0 Å². The Bertz CT molecular complexity index is 419. The Kier molecular flexibility index (Phi) is 1.45. The SMILES string of the molecule is Cc1ccc2c(c1)[C@]1(CCC1=O)CC2. The maximum Gasteiger partial charge on any atom is 0.143 e. The van der Waals surface area contributed by atoms with Gasteiger partial charge in [0.1, 0.15) is 5.78 Å². The highest BCUT2D eigenvalue weighted by Gasteiger charge is 2.50. The molecule has 14 heavy (non-hydrogen) atoms. The summed E-state index contributed by atoms with van der Waals surface area (Å²) in [6, 6.07) is 6.57. The van der Waals surface area contributed by atoms with Gasteiger partial charge in [-0.1, -0.05) is 23.8 Å². The summed E-state index contributed by atoms with van der Waals surface area (Å²) in [5.41, 5.74) is 3.99. The van der Waals surface area contributed by atoms with Gasteiger partial charge in [0.15, 0.2) is 0 Å². The van der Waals surface area contributed by atoms with Gasteiger partial charge < -0.3 is 0 Å². The number of benzene rings is 1. The number of Topliss-reactive ketones (excluding diaryl/α,β-unsaturated/α-hetero) is 1. The van der Waals surface area contributed by atoms with Crippen molar-refractivity contribution in [3.63, 3.8) is 0 Å². The van der Waals surface area contributed by atoms with Gasteiger partial charge in [-0.15, -0.1) is 0 Å². The van der Waals surface area contributed by atoms with E-state index in [0.29, 0.717) is 5.78 Å². The van der Waals surface area contributed by atoms with Crippen molar-refractivity contribution in [2.75, 3.05) is 0 Å². The number of aryl methyl sites for hydroxylation is 2. The minimum absolute atomic E-state index is 0.0403. The molecule has 2 aliphatic rings. The van der Waals surface area contributed by atoms with Crippen molar-refractivity contribution in [2.24, 2.45) is 0 Å². The third kappa shape index (κ3) is 0.827. The number of carbonyl (C=O) groups is 1. The summed E-state index contributed by atoms with van der Waals surface area (Å²) < 4.78 is 0. The third-order valence-corrected chi connectivity index (χ3v) is 3.91. The molecule has 0 N–H and O–H groups in total.